The zero-order valence-electron chi connectivity index (χ0n) is 15.7. The first-order valence-corrected chi connectivity index (χ1v) is 8.84. The molecule has 2 aromatic carbocycles. The molecule has 1 aromatic heterocycles. The van der Waals surface area contributed by atoms with Crippen LogP contribution >= 0.6 is 0 Å². The minimum atomic E-state index is -0.161. The molecule has 0 aliphatic carbocycles. The number of aryl methyl sites for hydroxylation is 2. The lowest BCUT2D eigenvalue weighted by atomic mass is 10.1. The Balaban J connectivity index is 2.08. The van der Waals surface area contributed by atoms with E-state index in [0.717, 1.165) is 16.7 Å². The Kier molecular flexibility index (Phi) is 5.43. The molecule has 0 saturated heterocycles. The van der Waals surface area contributed by atoms with Crippen LogP contribution in [0.5, 0.6) is 5.75 Å². The highest BCUT2D eigenvalue weighted by Crippen LogP contribution is 2.31. The van der Waals surface area contributed by atoms with E-state index in [0.29, 0.717) is 29.9 Å². The van der Waals surface area contributed by atoms with Gasteiger partial charge >= 0.3 is 0 Å². The molecule has 1 heterocycles. The molecule has 4 heteroatoms. The highest BCUT2D eigenvalue weighted by molar-refractivity contribution is 5.82. The maximum atomic E-state index is 13.0. The van der Waals surface area contributed by atoms with E-state index in [1.807, 2.05) is 64.1 Å². The number of hydrogen-bond acceptors (Lipinski definition) is 4. The van der Waals surface area contributed by atoms with Crippen molar-refractivity contribution >= 4 is 11.0 Å². The fraction of sp³-hybridized carbons (Fsp3) is 0.318. The van der Waals surface area contributed by atoms with E-state index in [-0.39, 0.29) is 17.3 Å². The summed E-state index contributed by atoms with van der Waals surface area (Å²) in [5.41, 5.74) is 3.40. The van der Waals surface area contributed by atoms with Gasteiger partial charge in [0, 0.05) is 5.56 Å². The molecule has 0 amide bonds. The SMILES string of the molecule is Cc1ccc(-c2oc3cc(C)ccc3c(=O)c2OCCOC(C)C)cc1. The van der Waals surface area contributed by atoms with Crippen molar-refractivity contribution < 1.29 is 13.9 Å². The molecule has 0 N–H and O–H groups in total. The maximum Gasteiger partial charge on any atom is 0.235 e. The van der Waals surface area contributed by atoms with Crippen LogP contribution in [0.1, 0.15) is 25.0 Å². The Morgan fingerprint density at radius 2 is 1.65 bits per heavy atom. The van der Waals surface area contributed by atoms with Gasteiger partial charge in [-0.1, -0.05) is 35.9 Å². The van der Waals surface area contributed by atoms with Gasteiger partial charge in [0.1, 0.15) is 12.2 Å². The smallest absolute Gasteiger partial charge is 0.235 e. The molecule has 136 valence electrons. The summed E-state index contributed by atoms with van der Waals surface area (Å²) in [6, 6.07) is 13.4. The average Bonchev–Trinajstić information content (AvgIpc) is 2.60. The molecule has 0 saturated carbocycles. The molecule has 0 bridgehead atoms. The first kappa shape index (κ1) is 18.2. The van der Waals surface area contributed by atoms with Crippen molar-refractivity contribution in [1.29, 1.82) is 0 Å². The van der Waals surface area contributed by atoms with Crippen molar-refractivity contribution in [1.82, 2.24) is 0 Å². The van der Waals surface area contributed by atoms with E-state index in [1.165, 1.54) is 0 Å². The Bertz CT molecular complexity index is 952. The van der Waals surface area contributed by atoms with Gasteiger partial charge in [0.2, 0.25) is 11.2 Å². The van der Waals surface area contributed by atoms with Gasteiger partial charge in [-0.25, -0.2) is 0 Å². The molecular formula is C22H24O4. The molecule has 3 aromatic rings. The number of hydrogen-bond donors (Lipinski definition) is 0. The number of fused-ring (bicyclic) bond motifs is 1. The topological polar surface area (TPSA) is 48.7 Å². The Hall–Kier alpha value is -2.59. The molecule has 0 atom stereocenters. The monoisotopic (exact) mass is 352 g/mol. The fourth-order valence-electron chi connectivity index (χ4n) is 2.74. The average molecular weight is 352 g/mol. The molecule has 3 rings (SSSR count). The van der Waals surface area contributed by atoms with E-state index in [4.69, 9.17) is 13.9 Å². The van der Waals surface area contributed by atoms with Gasteiger partial charge in [0.15, 0.2) is 5.76 Å². The third-order valence-corrected chi connectivity index (χ3v) is 4.10. The zero-order valence-corrected chi connectivity index (χ0v) is 15.7. The van der Waals surface area contributed by atoms with E-state index >= 15 is 0 Å². The van der Waals surface area contributed by atoms with Crippen molar-refractivity contribution in [2.24, 2.45) is 0 Å². The second-order valence-electron chi connectivity index (χ2n) is 6.72. The van der Waals surface area contributed by atoms with Gasteiger partial charge in [0.25, 0.3) is 0 Å². The van der Waals surface area contributed by atoms with Crippen molar-refractivity contribution in [2.75, 3.05) is 13.2 Å². The van der Waals surface area contributed by atoms with Crippen LogP contribution in [0.25, 0.3) is 22.3 Å². The van der Waals surface area contributed by atoms with Gasteiger partial charge in [-0.3, -0.25) is 4.79 Å². The van der Waals surface area contributed by atoms with Crippen LogP contribution in [-0.4, -0.2) is 19.3 Å². The Labute approximate surface area is 153 Å². The summed E-state index contributed by atoms with van der Waals surface area (Å²) in [7, 11) is 0. The summed E-state index contributed by atoms with van der Waals surface area (Å²) in [5.74, 6) is 0.690. The van der Waals surface area contributed by atoms with Crippen LogP contribution in [0.4, 0.5) is 0 Å². The molecular weight excluding hydrogens is 328 g/mol. The van der Waals surface area contributed by atoms with E-state index in [2.05, 4.69) is 0 Å². The summed E-state index contributed by atoms with van der Waals surface area (Å²) in [5, 5.41) is 0.520. The lowest BCUT2D eigenvalue weighted by Crippen LogP contribution is -2.16. The molecule has 0 spiro atoms. The molecule has 0 unspecified atom stereocenters. The van der Waals surface area contributed by atoms with Crippen LogP contribution in [0.3, 0.4) is 0 Å². The molecule has 0 aliphatic heterocycles. The summed E-state index contributed by atoms with van der Waals surface area (Å²) in [6.45, 7) is 8.62. The molecule has 0 fully saturated rings. The van der Waals surface area contributed by atoms with E-state index in [9.17, 15) is 4.79 Å². The zero-order chi connectivity index (χ0) is 18.7. The quantitative estimate of drug-likeness (QED) is 0.593. The van der Waals surface area contributed by atoms with Gasteiger partial charge in [0.05, 0.1) is 18.1 Å². The van der Waals surface area contributed by atoms with E-state index in [1.54, 1.807) is 6.07 Å². The van der Waals surface area contributed by atoms with Crippen LogP contribution < -0.4 is 10.2 Å². The predicted molar refractivity (Wildman–Crippen MR) is 104 cm³/mol. The Morgan fingerprint density at radius 3 is 2.35 bits per heavy atom. The van der Waals surface area contributed by atoms with Crippen molar-refractivity contribution in [3.05, 3.63) is 63.8 Å². The highest BCUT2D eigenvalue weighted by Gasteiger charge is 2.18. The van der Waals surface area contributed by atoms with Crippen LogP contribution in [0.2, 0.25) is 0 Å². The van der Waals surface area contributed by atoms with E-state index < -0.39 is 0 Å². The van der Waals surface area contributed by atoms with Crippen molar-refractivity contribution in [2.45, 2.75) is 33.8 Å². The molecule has 0 radical (unpaired) electrons. The van der Waals surface area contributed by atoms with Crippen LogP contribution in [0.15, 0.2) is 51.7 Å². The van der Waals surface area contributed by atoms with Gasteiger partial charge in [-0.2, -0.15) is 0 Å². The lowest BCUT2D eigenvalue weighted by Gasteiger charge is -2.13. The third kappa shape index (κ3) is 3.97. The van der Waals surface area contributed by atoms with Crippen LogP contribution in [0, 0.1) is 13.8 Å². The van der Waals surface area contributed by atoms with Gasteiger partial charge in [-0.15, -0.1) is 0 Å². The molecule has 26 heavy (non-hydrogen) atoms. The highest BCUT2D eigenvalue weighted by atomic mass is 16.5. The minimum Gasteiger partial charge on any atom is -0.484 e. The number of rotatable bonds is 6. The fourth-order valence-corrected chi connectivity index (χ4v) is 2.74. The normalized spacial score (nSPS) is 11.3. The van der Waals surface area contributed by atoms with Gasteiger partial charge < -0.3 is 13.9 Å². The summed E-state index contributed by atoms with van der Waals surface area (Å²) in [6.07, 6.45) is 0.117. The summed E-state index contributed by atoms with van der Waals surface area (Å²) < 4.78 is 17.4. The first-order chi connectivity index (χ1) is 12.5. The van der Waals surface area contributed by atoms with Gasteiger partial charge in [-0.05, 0) is 45.4 Å². The van der Waals surface area contributed by atoms with Crippen molar-refractivity contribution in [3.8, 4) is 17.1 Å². The summed E-state index contributed by atoms with van der Waals surface area (Å²) in [4.78, 5) is 13.0. The minimum absolute atomic E-state index is 0.117. The third-order valence-electron chi connectivity index (χ3n) is 4.10. The number of ether oxygens (including phenoxy) is 2. The predicted octanol–water partition coefficient (Wildman–Crippen LogP) is 4.88. The maximum absolute atomic E-state index is 13.0. The first-order valence-electron chi connectivity index (χ1n) is 8.84. The summed E-state index contributed by atoms with van der Waals surface area (Å²) >= 11 is 0. The number of benzene rings is 2. The molecule has 4 nitrogen and oxygen atoms in total. The standard InChI is InChI=1S/C22H24O4/c1-14(2)24-11-12-25-22-20(23)18-10-7-16(4)13-19(18)26-21(22)17-8-5-15(3)6-9-17/h5-10,13-14H,11-12H2,1-4H3. The second-order valence-corrected chi connectivity index (χ2v) is 6.72. The van der Waals surface area contributed by atoms with Crippen molar-refractivity contribution in [3.63, 3.8) is 0 Å². The molecule has 0 aliphatic rings. The van der Waals surface area contributed by atoms with Crippen LogP contribution in [-0.2, 0) is 4.74 Å². The Morgan fingerprint density at radius 1 is 0.962 bits per heavy atom. The second kappa shape index (κ2) is 7.75. The lowest BCUT2D eigenvalue weighted by molar-refractivity contribution is 0.0549. The largest absolute Gasteiger partial charge is 0.484 e.